The number of imide groups is 1. The first-order valence-electron chi connectivity index (χ1n) is 7.48. The van der Waals surface area contributed by atoms with Crippen molar-refractivity contribution >= 4 is 17.6 Å². The van der Waals surface area contributed by atoms with Crippen molar-refractivity contribution in [3.8, 4) is 0 Å². The first-order valence-corrected chi connectivity index (χ1v) is 7.48. The molecule has 0 saturated carbocycles. The van der Waals surface area contributed by atoms with Gasteiger partial charge in [0.05, 0.1) is 6.04 Å². The van der Waals surface area contributed by atoms with E-state index in [-0.39, 0.29) is 23.5 Å². The lowest BCUT2D eigenvalue weighted by molar-refractivity contribution is -0.143. The monoisotopic (exact) mass is 297 g/mol. The number of rotatable bonds is 2. The van der Waals surface area contributed by atoms with Crippen LogP contribution in [-0.2, 0) is 20.8 Å². The molecule has 1 heterocycles. The van der Waals surface area contributed by atoms with Crippen LogP contribution in [0.15, 0.2) is 36.4 Å². The average molecular weight is 297 g/mol. The van der Waals surface area contributed by atoms with Gasteiger partial charge >= 0.3 is 0 Å². The van der Waals surface area contributed by atoms with Crippen molar-refractivity contribution in [1.29, 1.82) is 0 Å². The van der Waals surface area contributed by atoms with Gasteiger partial charge in [0, 0.05) is 23.5 Å². The quantitative estimate of drug-likeness (QED) is 0.788. The number of Topliss-reactive ketones (excluding diaryl/α,β-unsaturated/α-hetero) is 1. The second-order valence-corrected chi connectivity index (χ2v) is 6.95. The maximum atomic E-state index is 12.8. The summed E-state index contributed by atoms with van der Waals surface area (Å²) < 4.78 is 0. The molecule has 0 unspecified atom stereocenters. The van der Waals surface area contributed by atoms with Gasteiger partial charge in [0.15, 0.2) is 0 Å². The topological polar surface area (TPSA) is 54.5 Å². The summed E-state index contributed by atoms with van der Waals surface area (Å²) in [5.74, 6) is -0.955. The standard InChI is InChI=1S/C18H19NO3/c1-18(2,3)17(22)13-10-11-6-4-5-7-12(11)16(13)19-14(20)8-9-15(19)21/h4-9,13,16H,10H2,1-3H3/t13-,16+/m0/s1. The zero-order valence-electron chi connectivity index (χ0n) is 13.0. The molecule has 2 atom stereocenters. The molecule has 0 spiro atoms. The van der Waals surface area contributed by atoms with Gasteiger partial charge in [-0.1, -0.05) is 45.0 Å². The van der Waals surface area contributed by atoms with Gasteiger partial charge in [-0.25, -0.2) is 0 Å². The molecule has 1 aromatic carbocycles. The molecule has 0 bridgehead atoms. The molecule has 0 aromatic heterocycles. The first kappa shape index (κ1) is 14.7. The summed E-state index contributed by atoms with van der Waals surface area (Å²) in [4.78, 5) is 38.3. The fraction of sp³-hybridized carbons (Fsp3) is 0.389. The Labute approximate surface area is 129 Å². The Bertz CT molecular complexity index is 679. The molecular weight excluding hydrogens is 278 g/mol. The van der Waals surface area contributed by atoms with Crippen LogP contribution in [0.1, 0.15) is 37.9 Å². The van der Waals surface area contributed by atoms with Crippen LogP contribution in [-0.4, -0.2) is 22.5 Å². The van der Waals surface area contributed by atoms with Gasteiger partial charge in [-0.3, -0.25) is 19.3 Å². The van der Waals surface area contributed by atoms with E-state index < -0.39 is 11.5 Å². The van der Waals surface area contributed by atoms with E-state index in [9.17, 15) is 14.4 Å². The zero-order valence-corrected chi connectivity index (χ0v) is 13.0. The molecule has 0 radical (unpaired) electrons. The normalized spacial score (nSPS) is 24.0. The molecule has 1 aliphatic heterocycles. The van der Waals surface area contributed by atoms with Gasteiger partial charge in [0.25, 0.3) is 11.8 Å². The van der Waals surface area contributed by atoms with Crippen molar-refractivity contribution in [1.82, 2.24) is 4.90 Å². The predicted molar refractivity (Wildman–Crippen MR) is 81.8 cm³/mol. The number of amides is 2. The Hall–Kier alpha value is -2.23. The molecule has 4 heteroatoms. The zero-order chi connectivity index (χ0) is 16.1. The van der Waals surface area contributed by atoms with Crippen LogP contribution in [0.25, 0.3) is 0 Å². The minimum Gasteiger partial charge on any atom is -0.299 e. The van der Waals surface area contributed by atoms with Crippen LogP contribution in [0, 0.1) is 11.3 Å². The largest absolute Gasteiger partial charge is 0.299 e. The third-order valence-corrected chi connectivity index (χ3v) is 4.39. The molecule has 22 heavy (non-hydrogen) atoms. The van der Waals surface area contributed by atoms with E-state index in [4.69, 9.17) is 0 Å². The number of fused-ring (bicyclic) bond motifs is 1. The van der Waals surface area contributed by atoms with E-state index in [1.54, 1.807) is 0 Å². The van der Waals surface area contributed by atoms with E-state index in [2.05, 4.69) is 0 Å². The molecule has 0 N–H and O–H groups in total. The Balaban J connectivity index is 2.07. The van der Waals surface area contributed by atoms with Gasteiger partial charge in [-0.15, -0.1) is 0 Å². The lowest BCUT2D eigenvalue weighted by Gasteiger charge is -2.31. The minimum atomic E-state index is -0.510. The predicted octanol–water partition coefficient (Wildman–Crippen LogP) is 2.44. The summed E-state index contributed by atoms with van der Waals surface area (Å²) in [6, 6.07) is 7.20. The number of carbonyl (C=O) groups excluding carboxylic acids is 3. The maximum Gasteiger partial charge on any atom is 0.254 e. The summed E-state index contributed by atoms with van der Waals surface area (Å²) in [5, 5.41) is 0. The molecule has 2 amide bonds. The van der Waals surface area contributed by atoms with Gasteiger partial charge in [0.2, 0.25) is 0 Å². The van der Waals surface area contributed by atoms with Crippen LogP contribution in [0.2, 0.25) is 0 Å². The van der Waals surface area contributed by atoms with Crippen molar-refractivity contribution < 1.29 is 14.4 Å². The van der Waals surface area contributed by atoms with Crippen molar-refractivity contribution in [3.63, 3.8) is 0 Å². The van der Waals surface area contributed by atoms with E-state index >= 15 is 0 Å². The number of hydrogen-bond donors (Lipinski definition) is 0. The van der Waals surface area contributed by atoms with Crippen molar-refractivity contribution in [2.45, 2.75) is 33.2 Å². The van der Waals surface area contributed by atoms with E-state index in [0.717, 1.165) is 11.1 Å². The number of hydrogen-bond acceptors (Lipinski definition) is 3. The van der Waals surface area contributed by atoms with E-state index in [1.807, 2.05) is 45.0 Å². The molecule has 0 saturated heterocycles. The van der Waals surface area contributed by atoms with Gasteiger partial charge in [-0.05, 0) is 17.5 Å². The lowest BCUT2D eigenvalue weighted by atomic mass is 9.79. The highest BCUT2D eigenvalue weighted by molar-refractivity contribution is 6.13. The second-order valence-electron chi connectivity index (χ2n) is 6.95. The maximum absolute atomic E-state index is 12.8. The summed E-state index contributed by atoms with van der Waals surface area (Å²) >= 11 is 0. The second kappa shape index (κ2) is 4.90. The third-order valence-electron chi connectivity index (χ3n) is 4.39. The fourth-order valence-electron chi connectivity index (χ4n) is 3.37. The molecule has 4 nitrogen and oxygen atoms in total. The highest BCUT2D eigenvalue weighted by Gasteiger charge is 2.47. The van der Waals surface area contributed by atoms with Crippen LogP contribution in [0.5, 0.6) is 0 Å². The van der Waals surface area contributed by atoms with Crippen LogP contribution in [0.3, 0.4) is 0 Å². The van der Waals surface area contributed by atoms with E-state index in [0.29, 0.717) is 6.42 Å². The summed E-state index contributed by atoms with van der Waals surface area (Å²) in [6.07, 6.45) is 3.14. The third kappa shape index (κ3) is 2.19. The SMILES string of the molecule is CC(C)(C)C(=O)[C@H]1Cc2ccccc2[C@H]1N1C(=O)C=CC1=O. The van der Waals surface area contributed by atoms with E-state index in [1.165, 1.54) is 17.1 Å². The number of carbonyl (C=O) groups is 3. The van der Waals surface area contributed by atoms with Gasteiger partial charge < -0.3 is 0 Å². The molecule has 1 aliphatic carbocycles. The van der Waals surface area contributed by atoms with Crippen LogP contribution in [0.4, 0.5) is 0 Å². The molecule has 1 aromatic rings. The highest BCUT2D eigenvalue weighted by Crippen LogP contribution is 2.44. The van der Waals surface area contributed by atoms with Crippen LogP contribution >= 0.6 is 0 Å². The molecule has 114 valence electrons. The Morgan fingerprint density at radius 2 is 1.68 bits per heavy atom. The molecule has 0 fully saturated rings. The number of ketones is 1. The Morgan fingerprint density at radius 1 is 1.09 bits per heavy atom. The first-order chi connectivity index (χ1) is 10.3. The Morgan fingerprint density at radius 3 is 2.27 bits per heavy atom. The summed E-state index contributed by atoms with van der Waals surface area (Å²) in [7, 11) is 0. The number of nitrogens with zero attached hydrogens (tertiary/aromatic N) is 1. The summed E-state index contributed by atoms with van der Waals surface area (Å²) in [5.41, 5.74) is 1.45. The van der Waals surface area contributed by atoms with Crippen LogP contribution < -0.4 is 0 Å². The highest BCUT2D eigenvalue weighted by atomic mass is 16.2. The number of benzene rings is 1. The summed E-state index contributed by atoms with van der Waals surface area (Å²) in [6.45, 7) is 5.63. The van der Waals surface area contributed by atoms with Gasteiger partial charge in [0.1, 0.15) is 5.78 Å². The van der Waals surface area contributed by atoms with Crippen molar-refractivity contribution in [2.24, 2.45) is 11.3 Å². The minimum absolute atomic E-state index is 0.0844. The smallest absolute Gasteiger partial charge is 0.254 e. The van der Waals surface area contributed by atoms with Crippen molar-refractivity contribution in [2.75, 3.05) is 0 Å². The fourth-order valence-corrected chi connectivity index (χ4v) is 3.37. The molecule has 2 aliphatic rings. The average Bonchev–Trinajstić information content (AvgIpc) is 2.97. The Kier molecular flexibility index (Phi) is 3.28. The van der Waals surface area contributed by atoms with Crippen molar-refractivity contribution in [3.05, 3.63) is 47.5 Å². The molecular formula is C18H19NO3. The molecule has 3 rings (SSSR count). The van der Waals surface area contributed by atoms with Gasteiger partial charge in [-0.2, -0.15) is 0 Å². The lowest BCUT2D eigenvalue weighted by Crippen LogP contribution is -2.41.